The minimum absolute atomic E-state index is 0.179. The molecular weight excluding hydrogens is 382 g/mol. The molecule has 0 saturated heterocycles. The molecule has 28 heavy (non-hydrogen) atoms. The van der Waals surface area contributed by atoms with Crippen molar-refractivity contribution in [2.75, 3.05) is 18.7 Å². The van der Waals surface area contributed by atoms with E-state index < -0.39 is 6.09 Å². The number of carbonyl (C=O) groups excluding carboxylic acids is 1. The fraction of sp³-hybridized carbons (Fsp3) is 0.316. The van der Waals surface area contributed by atoms with Gasteiger partial charge in [0.1, 0.15) is 11.1 Å². The van der Waals surface area contributed by atoms with Crippen molar-refractivity contribution in [3.63, 3.8) is 0 Å². The fourth-order valence-electron chi connectivity index (χ4n) is 3.40. The fourth-order valence-corrected chi connectivity index (χ4v) is 4.63. The average Bonchev–Trinajstić information content (AvgIpc) is 3.29. The van der Waals surface area contributed by atoms with E-state index in [4.69, 9.17) is 14.6 Å². The molecule has 2 aliphatic rings. The Morgan fingerprint density at radius 1 is 1.36 bits per heavy atom. The number of nitrogens with zero attached hydrogens (tertiary/aromatic N) is 2. The van der Waals surface area contributed by atoms with Crippen LogP contribution in [-0.2, 0) is 24.2 Å². The summed E-state index contributed by atoms with van der Waals surface area (Å²) in [6.07, 6.45) is 0.210. The molecule has 0 saturated carbocycles. The van der Waals surface area contributed by atoms with Gasteiger partial charge in [-0.2, -0.15) is 5.26 Å². The summed E-state index contributed by atoms with van der Waals surface area (Å²) in [6, 6.07) is 7.73. The van der Waals surface area contributed by atoms with Crippen molar-refractivity contribution >= 4 is 28.3 Å². The number of anilines is 1. The second-order valence-corrected chi connectivity index (χ2v) is 7.58. The van der Waals surface area contributed by atoms with Crippen molar-refractivity contribution in [3.05, 3.63) is 39.8 Å². The number of hydrogen-bond acceptors (Lipinski definition) is 6. The Hall–Kier alpha value is -3.25. The molecule has 144 valence electrons. The van der Waals surface area contributed by atoms with E-state index in [1.54, 1.807) is 0 Å². The van der Waals surface area contributed by atoms with E-state index in [0.29, 0.717) is 41.4 Å². The molecule has 8 nitrogen and oxygen atoms in total. The Bertz CT molecular complexity index is 994. The van der Waals surface area contributed by atoms with Gasteiger partial charge in [0.25, 0.3) is 0 Å². The molecule has 0 aliphatic carbocycles. The third-order valence-corrected chi connectivity index (χ3v) is 5.92. The summed E-state index contributed by atoms with van der Waals surface area (Å²) in [5.74, 6) is 1.15. The highest BCUT2D eigenvalue weighted by Crippen LogP contribution is 2.38. The van der Waals surface area contributed by atoms with Crippen LogP contribution in [0.25, 0.3) is 0 Å². The van der Waals surface area contributed by atoms with E-state index >= 15 is 0 Å². The predicted octanol–water partition coefficient (Wildman–Crippen LogP) is 2.96. The Kier molecular flexibility index (Phi) is 4.79. The maximum Gasteiger partial charge on any atom is 0.407 e. The van der Waals surface area contributed by atoms with Crippen molar-refractivity contribution < 1.29 is 24.2 Å². The number of fused-ring (bicyclic) bond motifs is 2. The van der Waals surface area contributed by atoms with Gasteiger partial charge in [0.15, 0.2) is 11.5 Å². The molecular formula is C19H17N3O5S. The van der Waals surface area contributed by atoms with Crippen molar-refractivity contribution in [2.45, 2.75) is 25.8 Å². The standard InChI is InChI=1S/C19H17N3O5S/c20-8-13-12-6-7-22(19(24)25)9-15(12)28-18(13)21-16(23)5-4-11-2-1-3-14-17(11)27-10-26-14/h1-3H,4-7,9-10H2,(H,21,23)(H,24,25). The predicted molar refractivity (Wildman–Crippen MR) is 101 cm³/mol. The summed E-state index contributed by atoms with van der Waals surface area (Å²) in [6.45, 7) is 0.772. The molecule has 0 fully saturated rings. The van der Waals surface area contributed by atoms with Crippen molar-refractivity contribution in [1.82, 2.24) is 4.90 Å². The summed E-state index contributed by atoms with van der Waals surface area (Å²) in [5, 5.41) is 22.0. The zero-order chi connectivity index (χ0) is 19.7. The first-order valence-electron chi connectivity index (χ1n) is 8.76. The van der Waals surface area contributed by atoms with Gasteiger partial charge in [0, 0.05) is 17.8 Å². The Morgan fingerprint density at radius 3 is 3.00 bits per heavy atom. The maximum atomic E-state index is 12.4. The van der Waals surface area contributed by atoms with Crippen LogP contribution in [0.2, 0.25) is 0 Å². The number of rotatable bonds is 4. The molecule has 9 heteroatoms. The molecule has 2 aromatic rings. The van der Waals surface area contributed by atoms with Crippen molar-refractivity contribution in [1.29, 1.82) is 5.26 Å². The van der Waals surface area contributed by atoms with Gasteiger partial charge in [-0.15, -0.1) is 11.3 Å². The number of aryl methyl sites for hydroxylation is 1. The first-order chi connectivity index (χ1) is 13.6. The van der Waals surface area contributed by atoms with E-state index in [1.807, 2.05) is 18.2 Å². The molecule has 0 spiro atoms. The van der Waals surface area contributed by atoms with Crippen LogP contribution in [0.3, 0.4) is 0 Å². The Labute approximate surface area is 164 Å². The molecule has 1 aromatic carbocycles. The van der Waals surface area contributed by atoms with Gasteiger partial charge in [0.05, 0.1) is 12.1 Å². The topological polar surface area (TPSA) is 112 Å². The third-order valence-electron chi connectivity index (χ3n) is 4.79. The molecule has 4 rings (SSSR count). The molecule has 3 heterocycles. The highest BCUT2D eigenvalue weighted by molar-refractivity contribution is 7.16. The van der Waals surface area contributed by atoms with Gasteiger partial charge >= 0.3 is 6.09 Å². The number of carboxylic acid groups (broad SMARTS) is 1. The monoisotopic (exact) mass is 399 g/mol. The second-order valence-electron chi connectivity index (χ2n) is 6.47. The van der Waals surface area contributed by atoms with E-state index in [0.717, 1.165) is 16.0 Å². The highest BCUT2D eigenvalue weighted by Gasteiger charge is 2.27. The van der Waals surface area contributed by atoms with Crippen LogP contribution in [0.4, 0.5) is 9.80 Å². The van der Waals surface area contributed by atoms with E-state index in [2.05, 4.69) is 11.4 Å². The van der Waals surface area contributed by atoms with Crippen LogP contribution < -0.4 is 14.8 Å². The number of ether oxygens (including phenoxy) is 2. The summed E-state index contributed by atoms with van der Waals surface area (Å²) in [7, 11) is 0. The quantitative estimate of drug-likeness (QED) is 0.817. The number of benzene rings is 1. The first kappa shape index (κ1) is 18.1. The molecule has 0 bridgehead atoms. The SMILES string of the molecule is N#Cc1c(NC(=O)CCc2cccc3c2OCO3)sc2c1CCN(C(=O)O)C2. The van der Waals surface area contributed by atoms with Crippen LogP contribution in [0.15, 0.2) is 18.2 Å². The minimum atomic E-state index is -0.982. The zero-order valence-electron chi connectivity index (χ0n) is 14.9. The van der Waals surface area contributed by atoms with Crippen LogP contribution >= 0.6 is 11.3 Å². The number of amides is 2. The largest absolute Gasteiger partial charge is 0.465 e. The summed E-state index contributed by atoms with van der Waals surface area (Å²) >= 11 is 1.27. The van der Waals surface area contributed by atoms with Crippen LogP contribution in [0.1, 0.15) is 28.0 Å². The van der Waals surface area contributed by atoms with Gasteiger partial charge in [0.2, 0.25) is 12.7 Å². The zero-order valence-corrected chi connectivity index (χ0v) is 15.7. The molecule has 0 unspecified atom stereocenters. The van der Waals surface area contributed by atoms with Gasteiger partial charge in [-0.05, 0) is 30.0 Å². The van der Waals surface area contributed by atoms with Crippen molar-refractivity contribution in [2.24, 2.45) is 0 Å². The lowest BCUT2D eigenvalue weighted by Crippen LogP contribution is -2.34. The number of thiophene rings is 1. The number of hydrogen-bond donors (Lipinski definition) is 2. The molecule has 2 amide bonds. The molecule has 0 radical (unpaired) electrons. The lowest BCUT2D eigenvalue weighted by atomic mass is 10.0. The first-order valence-corrected chi connectivity index (χ1v) is 9.58. The van der Waals surface area contributed by atoms with Gasteiger partial charge in [-0.1, -0.05) is 12.1 Å². The molecule has 2 aliphatic heterocycles. The maximum absolute atomic E-state index is 12.4. The number of nitrogens with one attached hydrogen (secondary N) is 1. The van der Waals surface area contributed by atoms with Crippen LogP contribution in [0.5, 0.6) is 11.5 Å². The normalized spacial score (nSPS) is 14.3. The summed E-state index contributed by atoms with van der Waals surface area (Å²) in [5.41, 5.74) is 2.18. The second kappa shape index (κ2) is 7.40. The number of nitriles is 1. The van der Waals surface area contributed by atoms with Gasteiger partial charge in [-0.3, -0.25) is 4.79 Å². The van der Waals surface area contributed by atoms with Crippen molar-refractivity contribution in [3.8, 4) is 17.6 Å². The van der Waals surface area contributed by atoms with Crippen LogP contribution in [0, 0.1) is 11.3 Å². The van der Waals surface area contributed by atoms with Gasteiger partial charge in [-0.25, -0.2) is 4.79 Å². The lowest BCUT2D eigenvalue weighted by molar-refractivity contribution is -0.116. The average molecular weight is 399 g/mol. The summed E-state index contributed by atoms with van der Waals surface area (Å²) < 4.78 is 10.8. The highest BCUT2D eigenvalue weighted by atomic mass is 32.1. The van der Waals surface area contributed by atoms with Crippen LogP contribution in [-0.4, -0.2) is 35.3 Å². The Morgan fingerprint density at radius 2 is 2.21 bits per heavy atom. The third kappa shape index (κ3) is 3.34. The van der Waals surface area contributed by atoms with Gasteiger partial charge < -0.3 is 24.8 Å². The van der Waals surface area contributed by atoms with E-state index in [1.165, 1.54) is 16.2 Å². The smallest absolute Gasteiger partial charge is 0.407 e. The van der Waals surface area contributed by atoms with E-state index in [-0.39, 0.29) is 25.7 Å². The van der Waals surface area contributed by atoms with E-state index in [9.17, 15) is 14.9 Å². The molecule has 0 atom stereocenters. The Balaban J connectivity index is 1.45. The molecule has 2 N–H and O–H groups in total. The minimum Gasteiger partial charge on any atom is -0.465 e. The summed E-state index contributed by atoms with van der Waals surface area (Å²) in [4.78, 5) is 25.8. The molecule has 1 aromatic heterocycles. The lowest BCUT2D eigenvalue weighted by Gasteiger charge is -2.23. The number of carbonyl (C=O) groups is 2. The number of para-hydroxylation sites is 1.